The molecule has 0 aliphatic heterocycles. The quantitative estimate of drug-likeness (QED) is 0.853. The van der Waals surface area contributed by atoms with Crippen LogP contribution in [0.2, 0.25) is 0 Å². The van der Waals surface area contributed by atoms with Crippen molar-refractivity contribution in [2.45, 2.75) is 38.3 Å². The third kappa shape index (κ3) is 3.07. The van der Waals surface area contributed by atoms with Crippen molar-refractivity contribution in [2.75, 3.05) is 7.11 Å². The molecule has 0 aromatic heterocycles. The molecule has 2 atom stereocenters. The van der Waals surface area contributed by atoms with E-state index >= 15 is 0 Å². The molecule has 0 bridgehead atoms. The molecule has 0 heterocycles. The van der Waals surface area contributed by atoms with Crippen molar-refractivity contribution >= 4 is 5.91 Å². The SMILES string of the molecule is COc1cccc(C(C)NC(=O)C(C)(N)C2CC2)c1. The third-order valence-corrected chi connectivity index (χ3v) is 3.86. The molecule has 0 saturated heterocycles. The molecule has 0 radical (unpaired) electrons. The van der Waals surface area contributed by atoms with E-state index < -0.39 is 5.54 Å². The number of hydrogen-bond donors (Lipinski definition) is 2. The normalized spacial score (nSPS) is 19.4. The molecule has 0 spiro atoms. The van der Waals surface area contributed by atoms with Gasteiger partial charge in [-0.25, -0.2) is 0 Å². The monoisotopic (exact) mass is 262 g/mol. The van der Waals surface area contributed by atoms with Gasteiger partial charge in [-0.1, -0.05) is 12.1 Å². The highest BCUT2D eigenvalue weighted by atomic mass is 16.5. The van der Waals surface area contributed by atoms with Gasteiger partial charge in [0.15, 0.2) is 0 Å². The number of methoxy groups -OCH3 is 1. The highest BCUT2D eigenvalue weighted by molar-refractivity contribution is 5.86. The smallest absolute Gasteiger partial charge is 0.240 e. The topological polar surface area (TPSA) is 64.3 Å². The molecule has 2 unspecified atom stereocenters. The minimum Gasteiger partial charge on any atom is -0.497 e. The fourth-order valence-electron chi connectivity index (χ4n) is 2.21. The first-order valence-corrected chi connectivity index (χ1v) is 6.69. The average molecular weight is 262 g/mol. The Morgan fingerprint density at radius 2 is 2.21 bits per heavy atom. The molecule has 1 aromatic rings. The van der Waals surface area contributed by atoms with Crippen LogP contribution >= 0.6 is 0 Å². The van der Waals surface area contributed by atoms with E-state index in [1.54, 1.807) is 7.11 Å². The molecule has 1 aromatic carbocycles. The van der Waals surface area contributed by atoms with Gasteiger partial charge < -0.3 is 15.8 Å². The molecule has 1 amide bonds. The van der Waals surface area contributed by atoms with Crippen molar-refractivity contribution in [1.82, 2.24) is 5.32 Å². The Morgan fingerprint density at radius 3 is 2.79 bits per heavy atom. The number of rotatable bonds is 5. The summed E-state index contributed by atoms with van der Waals surface area (Å²) in [6, 6.07) is 7.62. The van der Waals surface area contributed by atoms with Crippen LogP contribution in [0.25, 0.3) is 0 Å². The van der Waals surface area contributed by atoms with Crippen molar-refractivity contribution in [3.8, 4) is 5.75 Å². The van der Waals surface area contributed by atoms with Gasteiger partial charge in [0.1, 0.15) is 5.75 Å². The Labute approximate surface area is 114 Å². The van der Waals surface area contributed by atoms with E-state index in [2.05, 4.69) is 5.32 Å². The molecule has 19 heavy (non-hydrogen) atoms. The predicted molar refractivity (Wildman–Crippen MR) is 74.9 cm³/mol. The fraction of sp³-hybridized carbons (Fsp3) is 0.533. The fourth-order valence-corrected chi connectivity index (χ4v) is 2.21. The second-order valence-corrected chi connectivity index (χ2v) is 5.53. The van der Waals surface area contributed by atoms with Crippen LogP contribution in [0.15, 0.2) is 24.3 Å². The van der Waals surface area contributed by atoms with E-state index in [0.29, 0.717) is 5.92 Å². The number of benzene rings is 1. The number of amides is 1. The van der Waals surface area contributed by atoms with Crippen LogP contribution < -0.4 is 15.8 Å². The Balaban J connectivity index is 2.03. The lowest BCUT2D eigenvalue weighted by Gasteiger charge is -2.26. The number of carbonyl (C=O) groups is 1. The van der Waals surface area contributed by atoms with Gasteiger partial charge in [0.2, 0.25) is 5.91 Å². The van der Waals surface area contributed by atoms with Gasteiger partial charge >= 0.3 is 0 Å². The second-order valence-electron chi connectivity index (χ2n) is 5.53. The zero-order chi connectivity index (χ0) is 14.0. The number of carbonyl (C=O) groups excluding carboxylic acids is 1. The molecule has 4 nitrogen and oxygen atoms in total. The standard InChI is InChI=1S/C15H22N2O2/c1-10(11-5-4-6-13(9-11)19-3)17-14(18)15(2,16)12-7-8-12/h4-6,9-10,12H,7-8,16H2,1-3H3,(H,17,18). The van der Waals surface area contributed by atoms with Crippen molar-refractivity contribution in [3.63, 3.8) is 0 Å². The third-order valence-electron chi connectivity index (χ3n) is 3.86. The lowest BCUT2D eigenvalue weighted by atomic mass is 9.95. The predicted octanol–water partition coefficient (Wildman–Crippen LogP) is 2.00. The van der Waals surface area contributed by atoms with E-state index in [1.165, 1.54) is 0 Å². The minimum absolute atomic E-state index is 0.0784. The Bertz CT molecular complexity index is 467. The Kier molecular flexibility index (Phi) is 3.80. The van der Waals surface area contributed by atoms with Crippen LogP contribution in [-0.2, 0) is 4.79 Å². The average Bonchev–Trinajstić information content (AvgIpc) is 3.23. The van der Waals surface area contributed by atoms with Gasteiger partial charge in [-0.15, -0.1) is 0 Å². The zero-order valence-corrected chi connectivity index (χ0v) is 11.8. The van der Waals surface area contributed by atoms with Crippen molar-refractivity contribution < 1.29 is 9.53 Å². The maximum Gasteiger partial charge on any atom is 0.240 e. The summed E-state index contributed by atoms with van der Waals surface area (Å²) >= 11 is 0. The van der Waals surface area contributed by atoms with Crippen LogP contribution in [-0.4, -0.2) is 18.6 Å². The molecule has 3 N–H and O–H groups in total. The second kappa shape index (κ2) is 5.21. The van der Waals surface area contributed by atoms with E-state index in [-0.39, 0.29) is 11.9 Å². The summed E-state index contributed by atoms with van der Waals surface area (Å²) in [6.07, 6.45) is 2.10. The lowest BCUT2D eigenvalue weighted by molar-refractivity contribution is -0.127. The maximum atomic E-state index is 12.2. The highest BCUT2D eigenvalue weighted by Gasteiger charge is 2.44. The summed E-state index contributed by atoms with van der Waals surface area (Å²) < 4.78 is 5.19. The minimum atomic E-state index is -0.757. The van der Waals surface area contributed by atoms with Gasteiger partial charge in [0.25, 0.3) is 0 Å². The number of nitrogens with one attached hydrogen (secondary N) is 1. The van der Waals surface area contributed by atoms with Crippen LogP contribution in [0, 0.1) is 5.92 Å². The van der Waals surface area contributed by atoms with Crippen molar-refractivity contribution in [3.05, 3.63) is 29.8 Å². The van der Waals surface area contributed by atoms with Gasteiger partial charge in [-0.3, -0.25) is 4.79 Å². The summed E-state index contributed by atoms with van der Waals surface area (Å²) in [6.45, 7) is 3.77. The Morgan fingerprint density at radius 1 is 1.53 bits per heavy atom. The summed E-state index contributed by atoms with van der Waals surface area (Å²) in [7, 11) is 1.63. The molecule has 1 saturated carbocycles. The van der Waals surface area contributed by atoms with Gasteiger partial charge in [0, 0.05) is 0 Å². The summed E-state index contributed by atoms with van der Waals surface area (Å²) in [5.41, 5.74) is 6.37. The first-order chi connectivity index (χ1) is 8.95. The van der Waals surface area contributed by atoms with Gasteiger partial charge in [-0.2, -0.15) is 0 Å². The summed E-state index contributed by atoms with van der Waals surface area (Å²) in [5, 5.41) is 2.99. The lowest BCUT2D eigenvalue weighted by Crippen LogP contribution is -2.53. The Hall–Kier alpha value is -1.55. The van der Waals surface area contributed by atoms with Crippen molar-refractivity contribution in [2.24, 2.45) is 11.7 Å². The van der Waals surface area contributed by atoms with E-state index in [9.17, 15) is 4.79 Å². The number of nitrogens with two attached hydrogens (primary N) is 1. The first-order valence-electron chi connectivity index (χ1n) is 6.69. The molecule has 104 valence electrons. The molecule has 2 rings (SSSR count). The van der Waals surface area contributed by atoms with Crippen LogP contribution in [0.5, 0.6) is 5.75 Å². The summed E-state index contributed by atoms with van der Waals surface area (Å²) in [5.74, 6) is 1.03. The molecule has 1 aliphatic carbocycles. The van der Waals surface area contributed by atoms with E-state index in [0.717, 1.165) is 24.2 Å². The highest BCUT2D eigenvalue weighted by Crippen LogP contribution is 2.38. The van der Waals surface area contributed by atoms with Gasteiger partial charge in [-0.05, 0) is 50.3 Å². The maximum absolute atomic E-state index is 12.2. The molecule has 1 fully saturated rings. The van der Waals surface area contributed by atoms with E-state index in [1.807, 2.05) is 38.1 Å². The zero-order valence-electron chi connectivity index (χ0n) is 11.8. The molecule has 4 heteroatoms. The summed E-state index contributed by atoms with van der Waals surface area (Å²) in [4.78, 5) is 12.2. The number of hydrogen-bond acceptors (Lipinski definition) is 3. The molecule has 1 aliphatic rings. The van der Waals surface area contributed by atoms with Crippen LogP contribution in [0.1, 0.15) is 38.3 Å². The first kappa shape index (κ1) is 13.9. The van der Waals surface area contributed by atoms with Crippen molar-refractivity contribution in [1.29, 1.82) is 0 Å². The molecular formula is C15H22N2O2. The molecular weight excluding hydrogens is 240 g/mol. The number of ether oxygens (including phenoxy) is 1. The van der Waals surface area contributed by atoms with Crippen LogP contribution in [0.4, 0.5) is 0 Å². The van der Waals surface area contributed by atoms with E-state index in [4.69, 9.17) is 10.5 Å². The van der Waals surface area contributed by atoms with Crippen LogP contribution in [0.3, 0.4) is 0 Å². The largest absolute Gasteiger partial charge is 0.497 e. The van der Waals surface area contributed by atoms with Gasteiger partial charge in [0.05, 0.1) is 18.7 Å².